The van der Waals surface area contributed by atoms with Crippen LogP contribution in [-0.2, 0) is 19.6 Å². The van der Waals surface area contributed by atoms with Crippen molar-refractivity contribution in [1.29, 1.82) is 0 Å². The summed E-state index contributed by atoms with van der Waals surface area (Å²) >= 11 is 6.71. The van der Waals surface area contributed by atoms with Crippen molar-refractivity contribution in [3.05, 3.63) is 88.2 Å². The Kier molecular flexibility index (Phi) is 9.70. The molecule has 2 heterocycles. The zero-order valence-corrected chi connectivity index (χ0v) is 25.9. The minimum absolute atomic E-state index is 0.158. The first-order valence-electron chi connectivity index (χ1n) is 14.8. The van der Waals surface area contributed by atoms with Gasteiger partial charge < -0.3 is 18.9 Å². The van der Waals surface area contributed by atoms with Crippen LogP contribution in [0.25, 0.3) is 11.0 Å². The second kappa shape index (κ2) is 13.6. The summed E-state index contributed by atoms with van der Waals surface area (Å²) in [6, 6.07) is 20.3. The number of nitrogens with zero attached hydrogens (tertiary/aromatic N) is 4. The zero-order valence-electron chi connectivity index (χ0n) is 25.1. The molecule has 0 unspecified atom stereocenters. The Morgan fingerprint density at radius 1 is 0.952 bits per heavy atom. The van der Waals surface area contributed by atoms with E-state index in [1.54, 1.807) is 19.2 Å². The summed E-state index contributed by atoms with van der Waals surface area (Å²) < 4.78 is 13.2. The monoisotopic (exact) mass is 588 g/mol. The molecule has 0 atom stereocenters. The number of imidazole rings is 1. The van der Waals surface area contributed by atoms with Gasteiger partial charge in [0.15, 0.2) is 11.5 Å². The summed E-state index contributed by atoms with van der Waals surface area (Å²) in [6.07, 6.45) is 3.39. The Morgan fingerprint density at radius 2 is 1.64 bits per heavy atom. The number of hydrogen-bond donors (Lipinski definition) is 0. The second-order valence-electron chi connectivity index (χ2n) is 11.4. The molecule has 5 rings (SSSR count). The van der Waals surface area contributed by atoms with E-state index in [0.29, 0.717) is 42.6 Å². The van der Waals surface area contributed by atoms with Gasteiger partial charge in [-0.05, 0) is 73.7 Å². The molecular weight excluding hydrogens is 548 g/mol. The van der Waals surface area contributed by atoms with Gasteiger partial charge in [-0.1, -0.05) is 61.8 Å². The highest BCUT2D eigenvalue weighted by molar-refractivity contribution is 6.35. The van der Waals surface area contributed by atoms with E-state index < -0.39 is 0 Å². The first-order chi connectivity index (χ1) is 20.4. The summed E-state index contributed by atoms with van der Waals surface area (Å²) in [5.74, 6) is 1.96. The van der Waals surface area contributed by atoms with Crippen molar-refractivity contribution < 1.29 is 14.3 Å². The Labute approximate surface area is 254 Å². The molecule has 4 aromatic rings. The number of para-hydroxylation sites is 2. The van der Waals surface area contributed by atoms with Gasteiger partial charge in [-0.3, -0.25) is 9.69 Å². The number of ether oxygens (including phenoxy) is 2. The molecule has 8 heteroatoms. The van der Waals surface area contributed by atoms with Gasteiger partial charge in [0.05, 0.1) is 42.4 Å². The molecule has 1 aromatic heterocycles. The van der Waals surface area contributed by atoms with Crippen LogP contribution in [0.3, 0.4) is 0 Å². The third-order valence-electron chi connectivity index (χ3n) is 8.08. The van der Waals surface area contributed by atoms with E-state index in [4.69, 9.17) is 26.1 Å². The maximum Gasteiger partial charge on any atom is 0.255 e. The first kappa shape index (κ1) is 29.9. The molecule has 1 amide bonds. The van der Waals surface area contributed by atoms with Gasteiger partial charge in [0.25, 0.3) is 5.91 Å². The summed E-state index contributed by atoms with van der Waals surface area (Å²) in [6.45, 7) is 9.21. The maximum absolute atomic E-state index is 14.1. The normalized spacial score (nSPS) is 13.7. The van der Waals surface area contributed by atoms with Crippen molar-refractivity contribution in [2.45, 2.75) is 52.7 Å². The van der Waals surface area contributed by atoms with Crippen LogP contribution in [0, 0.1) is 5.92 Å². The van der Waals surface area contributed by atoms with E-state index in [0.717, 1.165) is 42.9 Å². The van der Waals surface area contributed by atoms with E-state index in [1.165, 1.54) is 31.1 Å². The number of benzene rings is 3. The Morgan fingerprint density at radius 3 is 2.33 bits per heavy atom. The van der Waals surface area contributed by atoms with Crippen molar-refractivity contribution in [2.75, 3.05) is 33.9 Å². The number of aromatic nitrogens is 2. The highest BCUT2D eigenvalue weighted by atomic mass is 35.5. The zero-order chi connectivity index (χ0) is 29.6. The molecule has 0 bridgehead atoms. The molecule has 0 N–H and O–H groups in total. The second-order valence-corrected chi connectivity index (χ2v) is 11.8. The number of fused-ring (bicyclic) bond motifs is 1. The van der Waals surface area contributed by atoms with Gasteiger partial charge in [-0.15, -0.1) is 0 Å². The lowest BCUT2D eigenvalue weighted by atomic mass is 10.1. The lowest BCUT2D eigenvalue weighted by Crippen LogP contribution is -2.33. The molecule has 3 aromatic carbocycles. The molecular formula is C34H41ClN4O3. The number of carbonyl (C=O) groups is 1. The summed E-state index contributed by atoms with van der Waals surface area (Å²) in [7, 11) is 3.08. The third-order valence-corrected chi connectivity index (χ3v) is 8.46. The molecule has 1 saturated heterocycles. The largest absolute Gasteiger partial charge is 0.493 e. The van der Waals surface area contributed by atoms with Gasteiger partial charge in [0.1, 0.15) is 5.82 Å². The van der Waals surface area contributed by atoms with E-state index in [1.807, 2.05) is 23.1 Å². The standard InChI is InChI=1S/C34H41ClN4O3/c1-24(2)17-20-38(34(40)27-15-16-30(41-3)33(42-4)32(27)35)23-31-36-28-13-7-8-14-29(28)39(31)22-26-12-6-5-11-25(26)21-37-18-9-10-19-37/h5-8,11-16,24H,9-10,17-23H2,1-4H3. The lowest BCUT2D eigenvalue weighted by Gasteiger charge is -2.25. The SMILES string of the molecule is COc1ccc(C(=O)N(CCC(C)C)Cc2nc3ccccc3n2Cc2ccccc2CN2CCCC2)c(Cl)c1OC. The molecule has 7 nitrogen and oxygen atoms in total. The first-order valence-corrected chi connectivity index (χ1v) is 15.2. The van der Waals surface area contributed by atoms with Crippen molar-refractivity contribution in [3.8, 4) is 11.5 Å². The third kappa shape index (κ3) is 6.58. The van der Waals surface area contributed by atoms with Crippen LogP contribution in [0.1, 0.15) is 60.4 Å². The van der Waals surface area contributed by atoms with Crippen LogP contribution in [0.15, 0.2) is 60.7 Å². The fourth-order valence-corrected chi connectivity index (χ4v) is 6.02. The maximum atomic E-state index is 14.1. The van der Waals surface area contributed by atoms with Gasteiger partial charge in [0, 0.05) is 19.6 Å². The number of likely N-dealkylation sites (tertiary alicyclic amines) is 1. The molecule has 42 heavy (non-hydrogen) atoms. The van der Waals surface area contributed by atoms with Crippen molar-refractivity contribution >= 4 is 28.5 Å². The fourth-order valence-electron chi connectivity index (χ4n) is 5.70. The van der Waals surface area contributed by atoms with Gasteiger partial charge in [0.2, 0.25) is 0 Å². The molecule has 1 aliphatic heterocycles. The van der Waals surface area contributed by atoms with Crippen molar-refractivity contribution in [1.82, 2.24) is 19.4 Å². The Hall–Kier alpha value is -3.55. The van der Waals surface area contributed by atoms with Crippen LogP contribution >= 0.6 is 11.6 Å². The number of methoxy groups -OCH3 is 2. The predicted molar refractivity (Wildman–Crippen MR) is 169 cm³/mol. The van der Waals surface area contributed by atoms with Crippen molar-refractivity contribution in [3.63, 3.8) is 0 Å². The van der Waals surface area contributed by atoms with E-state index in [-0.39, 0.29) is 10.9 Å². The summed E-state index contributed by atoms with van der Waals surface area (Å²) in [5, 5.41) is 0.251. The quantitative estimate of drug-likeness (QED) is 0.178. The predicted octanol–water partition coefficient (Wildman–Crippen LogP) is 7.04. The number of rotatable bonds is 12. The van der Waals surface area contributed by atoms with Gasteiger partial charge >= 0.3 is 0 Å². The Balaban J connectivity index is 1.51. The van der Waals surface area contributed by atoms with Gasteiger partial charge in [-0.25, -0.2) is 4.98 Å². The average Bonchev–Trinajstić information content (AvgIpc) is 3.63. The Bertz CT molecular complexity index is 1530. The molecule has 1 aliphatic rings. The molecule has 0 aliphatic carbocycles. The van der Waals surface area contributed by atoms with Crippen LogP contribution in [-0.4, -0.2) is 59.1 Å². The van der Waals surface area contributed by atoms with Crippen LogP contribution in [0.5, 0.6) is 11.5 Å². The highest BCUT2D eigenvalue weighted by Crippen LogP contribution is 2.38. The molecule has 0 saturated carbocycles. The van der Waals surface area contributed by atoms with Crippen LogP contribution in [0.4, 0.5) is 0 Å². The van der Waals surface area contributed by atoms with Crippen LogP contribution < -0.4 is 9.47 Å². The number of halogens is 1. The minimum atomic E-state index is -0.158. The van der Waals surface area contributed by atoms with E-state index in [2.05, 4.69) is 53.6 Å². The molecule has 222 valence electrons. The number of carbonyl (C=O) groups excluding carboxylic acids is 1. The molecule has 1 fully saturated rings. The van der Waals surface area contributed by atoms with E-state index >= 15 is 0 Å². The summed E-state index contributed by atoms with van der Waals surface area (Å²) in [4.78, 5) is 23.5. The molecule has 0 spiro atoms. The molecule has 0 radical (unpaired) electrons. The number of amides is 1. The van der Waals surface area contributed by atoms with E-state index in [9.17, 15) is 4.79 Å². The van der Waals surface area contributed by atoms with Gasteiger partial charge in [-0.2, -0.15) is 0 Å². The fraction of sp³-hybridized carbons (Fsp3) is 0.412. The van der Waals surface area contributed by atoms with Crippen molar-refractivity contribution in [2.24, 2.45) is 5.92 Å². The number of hydrogen-bond acceptors (Lipinski definition) is 5. The topological polar surface area (TPSA) is 59.8 Å². The van der Waals surface area contributed by atoms with Crippen LogP contribution in [0.2, 0.25) is 5.02 Å². The minimum Gasteiger partial charge on any atom is -0.493 e. The average molecular weight is 589 g/mol. The smallest absolute Gasteiger partial charge is 0.255 e. The summed E-state index contributed by atoms with van der Waals surface area (Å²) in [5.41, 5.74) is 4.98. The highest BCUT2D eigenvalue weighted by Gasteiger charge is 2.25. The lowest BCUT2D eigenvalue weighted by molar-refractivity contribution is 0.0729.